The minimum Gasteiger partial charge on any atom is -0.377 e. The number of aromatic nitrogens is 2. The molecule has 0 unspecified atom stereocenters. The van der Waals surface area contributed by atoms with E-state index in [1.54, 1.807) is 13.3 Å². The van der Waals surface area contributed by atoms with Crippen LogP contribution in [0.3, 0.4) is 0 Å². The van der Waals surface area contributed by atoms with Crippen molar-refractivity contribution in [1.82, 2.24) is 15.1 Å². The number of ether oxygens (including phenoxy) is 1. The Morgan fingerprint density at radius 1 is 1.68 bits per heavy atom. The van der Waals surface area contributed by atoms with Crippen molar-refractivity contribution in [2.45, 2.75) is 37.8 Å². The van der Waals surface area contributed by atoms with Crippen molar-refractivity contribution >= 4 is 5.91 Å². The maximum absolute atomic E-state index is 11.0. The molecular weight excluding hydrogens is 244 g/mol. The fraction of sp³-hybridized carbons (Fsp3) is 0.692. The molecule has 1 aromatic heterocycles. The highest BCUT2D eigenvalue weighted by atomic mass is 16.5. The number of primary amides is 1. The normalized spacial score (nSPS) is 24.5. The Morgan fingerprint density at radius 3 is 3.16 bits per heavy atom. The van der Waals surface area contributed by atoms with Gasteiger partial charge in [-0.3, -0.25) is 14.8 Å². The molecule has 2 rings (SSSR count). The van der Waals surface area contributed by atoms with Crippen LogP contribution in [0, 0.1) is 0 Å². The van der Waals surface area contributed by atoms with Gasteiger partial charge in [-0.2, -0.15) is 5.10 Å². The highest BCUT2D eigenvalue weighted by Crippen LogP contribution is 2.29. The van der Waals surface area contributed by atoms with E-state index in [9.17, 15) is 4.79 Å². The summed E-state index contributed by atoms with van der Waals surface area (Å²) in [7, 11) is 1.72. The standard InChI is InChI=1S/C13H22N4O2/c1-19-13(6-3-12(14)18)5-2-8-17(10-13)9-11-4-7-15-16-11/h4,7H,2-3,5-6,8-10H2,1H3,(H2,14,18)(H,15,16)/t13-/m1/s1. The number of amides is 1. The van der Waals surface area contributed by atoms with Crippen molar-refractivity contribution in [3.8, 4) is 0 Å². The van der Waals surface area contributed by atoms with Gasteiger partial charge in [0.15, 0.2) is 0 Å². The number of nitrogens with two attached hydrogens (primary N) is 1. The van der Waals surface area contributed by atoms with E-state index in [4.69, 9.17) is 10.5 Å². The van der Waals surface area contributed by atoms with E-state index in [-0.39, 0.29) is 11.5 Å². The maximum Gasteiger partial charge on any atom is 0.217 e. The van der Waals surface area contributed by atoms with Crippen LogP contribution in [0.1, 0.15) is 31.4 Å². The zero-order valence-electron chi connectivity index (χ0n) is 11.4. The molecule has 1 amide bonds. The number of aromatic amines is 1. The van der Waals surface area contributed by atoms with Crippen molar-refractivity contribution in [1.29, 1.82) is 0 Å². The van der Waals surface area contributed by atoms with Crippen LogP contribution in [0.2, 0.25) is 0 Å². The average molecular weight is 266 g/mol. The Morgan fingerprint density at radius 2 is 2.53 bits per heavy atom. The van der Waals surface area contributed by atoms with Crippen molar-refractivity contribution < 1.29 is 9.53 Å². The fourth-order valence-electron chi connectivity index (χ4n) is 2.76. The molecule has 0 radical (unpaired) electrons. The zero-order valence-corrected chi connectivity index (χ0v) is 11.4. The molecule has 0 aromatic carbocycles. The second kappa shape index (κ2) is 6.16. The number of likely N-dealkylation sites (tertiary alicyclic amines) is 1. The van der Waals surface area contributed by atoms with Gasteiger partial charge in [-0.1, -0.05) is 0 Å². The molecule has 1 aromatic rings. The predicted molar refractivity (Wildman–Crippen MR) is 71.3 cm³/mol. The van der Waals surface area contributed by atoms with Crippen molar-refractivity contribution in [3.63, 3.8) is 0 Å². The average Bonchev–Trinajstić information content (AvgIpc) is 2.90. The first-order valence-electron chi connectivity index (χ1n) is 6.68. The van der Waals surface area contributed by atoms with Crippen molar-refractivity contribution in [3.05, 3.63) is 18.0 Å². The highest BCUT2D eigenvalue weighted by molar-refractivity contribution is 5.73. The first kappa shape index (κ1) is 14.0. The van der Waals surface area contributed by atoms with Crippen molar-refractivity contribution in [2.24, 2.45) is 5.73 Å². The number of nitrogens with one attached hydrogen (secondary N) is 1. The molecular formula is C13H22N4O2. The molecule has 0 bridgehead atoms. The molecule has 19 heavy (non-hydrogen) atoms. The van der Waals surface area contributed by atoms with E-state index >= 15 is 0 Å². The first-order chi connectivity index (χ1) is 9.13. The molecule has 1 saturated heterocycles. The molecule has 0 aliphatic carbocycles. The lowest BCUT2D eigenvalue weighted by atomic mass is 9.87. The summed E-state index contributed by atoms with van der Waals surface area (Å²) in [6.45, 7) is 2.71. The van der Waals surface area contributed by atoms with E-state index in [2.05, 4.69) is 15.1 Å². The highest BCUT2D eigenvalue weighted by Gasteiger charge is 2.35. The van der Waals surface area contributed by atoms with Gasteiger partial charge in [0.25, 0.3) is 0 Å². The molecule has 106 valence electrons. The van der Waals surface area contributed by atoms with Crippen LogP contribution in [-0.2, 0) is 16.1 Å². The Bertz CT molecular complexity index is 407. The van der Waals surface area contributed by atoms with Crippen LogP contribution in [-0.4, -0.2) is 46.8 Å². The van der Waals surface area contributed by atoms with E-state index in [1.807, 2.05) is 6.07 Å². The first-order valence-corrected chi connectivity index (χ1v) is 6.68. The molecule has 6 heteroatoms. The third-order valence-corrected chi connectivity index (χ3v) is 3.83. The largest absolute Gasteiger partial charge is 0.377 e. The van der Waals surface area contributed by atoms with Crippen LogP contribution >= 0.6 is 0 Å². The van der Waals surface area contributed by atoms with Crippen LogP contribution < -0.4 is 5.73 Å². The van der Waals surface area contributed by atoms with Gasteiger partial charge >= 0.3 is 0 Å². The Labute approximate surface area is 113 Å². The number of methoxy groups -OCH3 is 1. The van der Waals surface area contributed by atoms with Gasteiger partial charge < -0.3 is 10.5 Å². The molecule has 6 nitrogen and oxygen atoms in total. The zero-order chi connectivity index (χ0) is 13.7. The molecule has 1 aliphatic heterocycles. The Kier molecular flexibility index (Phi) is 4.55. The summed E-state index contributed by atoms with van der Waals surface area (Å²) in [5.74, 6) is -0.262. The minimum absolute atomic E-state index is 0.243. The van der Waals surface area contributed by atoms with Gasteiger partial charge in [-0.15, -0.1) is 0 Å². The summed E-state index contributed by atoms with van der Waals surface area (Å²) in [4.78, 5) is 13.3. The number of carbonyl (C=O) groups excluding carboxylic acids is 1. The van der Waals surface area contributed by atoms with Gasteiger partial charge in [0.1, 0.15) is 0 Å². The van der Waals surface area contributed by atoms with E-state index in [0.717, 1.165) is 38.2 Å². The molecule has 2 heterocycles. The number of nitrogens with zero attached hydrogens (tertiary/aromatic N) is 2. The predicted octanol–water partition coefficient (Wildman–Crippen LogP) is 0.656. The summed E-state index contributed by atoms with van der Waals surface area (Å²) < 4.78 is 5.70. The van der Waals surface area contributed by atoms with Gasteiger partial charge in [0, 0.05) is 38.5 Å². The van der Waals surface area contributed by atoms with Gasteiger partial charge in [0.05, 0.1) is 5.60 Å². The second-order valence-electron chi connectivity index (χ2n) is 5.25. The molecule has 3 N–H and O–H groups in total. The quantitative estimate of drug-likeness (QED) is 0.792. The number of piperidine rings is 1. The lowest BCUT2D eigenvalue weighted by Crippen LogP contribution is -2.49. The van der Waals surface area contributed by atoms with Crippen molar-refractivity contribution in [2.75, 3.05) is 20.2 Å². The summed E-state index contributed by atoms with van der Waals surface area (Å²) in [6, 6.07) is 1.98. The number of carbonyl (C=O) groups is 1. The molecule has 0 spiro atoms. The SMILES string of the molecule is CO[C@@]1(CCC(N)=O)CCCN(Cc2ccn[nH]2)C1. The number of hydrogen-bond acceptors (Lipinski definition) is 4. The lowest BCUT2D eigenvalue weighted by molar-refractivity contribution is -0.121. The number of hydrogen-bond donors (Lipinski definition) is 2. The molecule has 0 saturated carbocycles. The third-order valence-electron chi connectivity index (χ3n) is 3.83. The van der Waals surface area contributed by atoms with E-state index in [1.165, 1.54) is 0 Å². The van der Waals surface area contributed by atoms with Crippen LogP contribution in [0.25, 0.3) is 0 Å². The van der Waals surface area contributed by atoms with Gasteiger partial charge in [-0.25, -0.2) is 0 Å². The number of rotatable bonds is 6. The lowest BCUT2D eigenvalue weighted by Gasteiger charge is -2.41. The monoisotopic (exact) mass is 266 g/mol. The summed E-state index contributed by atoms with van der Waals surface area (Å²) in [5, 5.41) is 6.93. The summed E-state index contributed by atoms with van der Waals surface area (Å²) in [6.07, 6.45) is 4.89. The summed E-state index contributed by atoms with van der Waals surface area (Å²) in [5.41, 5.74) is 6.10. The van der Waals surface area contributed by atoms with Crippen LogP contribution in [0.4, 0.5) is 0 Å². The summed E-state index contributed by atoms with van der Waals surface area (Å²) >= 11 is 0. The Balaban J connectivity index is 1.95. The van der Waals surface area contributed by atoms with E-state index in [0.29, 0.717) is 12.8 Å². The molecule has 1 aliphatic rings. The maximum atomic E-state index is 11.0. The molecule has 1 fully saturated rings. The van der Waals surface area contributed by atoms with Gasteiger partial charge in [0.2, 0.25) is 5.91 Å². The number of H-pyrrole nitrogens is 1. The van der Waals surface area contributed by atoms with Crippen LogP contribution in [0.15, 0.2) is 12.3 Å². The second-order valence-corrected chi connectivity index (χ2v) is 5.25. The third kappa shape index (κ3) is 3.78. The Hall–Kier alpha value is -1.40. The minimum atomic E-state index is -0.262. The fourth-order valence-corrected chi connectivity index (χ4v) is 2.76. The van der Waals surface area contributed by atoms with Gasteiger partial charge in [-0.05, 0) is 31.9 Å². The smallest absolute Gasteiger partial charge is 0.217 e. The topological polar surface area (TPSA) is 84.2 Å². The molecule has 1 atom stereocenters. The van der Waals surface area contributed by atoms with Crippen LogP contribution in [0.5, 0.6) is 0 Å². The van der Waals surface area contributed by atoms with E-state index < -0.39 is 0 Å².